The van der Waals surface area contributed by atoms with Crippen molar-refractivity contribution in [3.63, 3.8) is 0 Å². The number of imide groups is 1. The molecule has 3 amide bonds. The van der Waals surface area contributed by atoms with Crippen LogP contribution in [0.4, 0.5) is 5.69 Å². The molecule has 0 aromatic heterocycles. The molecule has 166 valence electrons. The van der Waals surface area contributed by atoms with Crippen molar-refractivity contribution in [1.29, 1.82) is 0 Å². The molecule has 2 unspecified atom stereocenters. The molecule has 31 heavy (non-hydrogen) atoms. The number of allylic oxidation sites excluding steroid dienone is 2. The number of hydrogen-bond donors (Lipinski definition) is 1. The maximum atomic E-state index is 12.9. The molecule has 2 fully saturated rings. The number of likely N-dealkylation sites (tertiary alicyclic amines) is 1. The van der Waals surface area contributed by atoms with E-state index in [1.807, 2.05) is 12.2 Å². The molecule has 0 radical (unpaired) electrons. The van der Waals surface area contributed by atoms with Crippen molar-refractivity contribution >= 4 is 45.0 Å². The number of fused-ring (bicyclic) bond motifs is 1. The number of benzene rings is 1. The lowest BCUT2D eigenvalue weighted by Gasteiger charge is -2.26. The molecule has 4 rings (SSSR count). The monoisotopic (exact) mass is 467 g/mol. The second-order valence-electron chi connectivity index (χ2n) is 7.62. The number of carbonyl (C=O) groups is 3. The van der Waals surface area contributed by atoms with E-state index in [0.29, 0.717) is 26.1 Å². The highest BCUT2D eigenvalue weighted by atomic mass is 35.5. The number of hydrogen-bond acceptors (Lipinski definition) is 6. The molecule has 3 aliphatic rings. The molecule has 2 atom stereocenters. The van der Waals surface area contributed by atoms with Crippen LogP contribution in [-0.2, 0) is 29.1 Å². The number of amides is 3. The third-order valence-electron chi connectivity index (χ3n) is 5.72. The van der Waals surface area contributed by atoms with Crippen molar-refractivity contribution in [1.82, 2.24) is 9.21 Å². The second-order valence-corrected chi connectivity index (χ2v) is 9.97. The minimum atomic E-state index is -3.77. The van der Waals surface area contributed by atoms with Gasteiger partial charge in [0.1, 0.15) is 6.54 Å². The molecule has 0 spiro atoms. The standard InChI is InChI=1S/C20H22ClN3O6S/c21-16-6-5-13(31(28,29)23-7-9-30-10-8-23)11-17(16)22-18(25)12-24-19(26)14-3-1-2-4-15(14)20(24)27/h1-2,5-6,11,14-15H,3-4,7-10,12H2,(H,22,25). The van der Waals surface area contributed by atoms with E-state index in [-0.39, 0.29) is 40.5 Å². The van der Waals surface area contributed by atoms with E-state index in [0.717, 1.165) is 4.90 Å². The topological polar surface area (TPSA) is 113 Å². The average molecular weight is 468 g/mol. The summed E-state index contributed by atoms with van der Waals surface area (Å²) in [6.45, 7) is 0.658. The molecule has 0 bridgehead atoms. The molecular weight excluding hydrogens is 446 g/mol. The number of rotatable bonds is 5. The predicted octanol–water partition coefficient (Wildman–Crippen LogP) is 1.25. The molecule has 2 heterocycles. The van der Waals surface area contributed by atoms with Gasteiger partial charge in [-0.25, -0.2) is 8.42 Å². The van der Waals surface area contributed by atoms with Crippen LogP contribution in [0.3, 0.4) is 0 Å². The molecular formula is C20H22ClN3O6S. The minimum absolute atomic E-state index is 0.0143. The highest BCUT2D eigenvalue weighted by molar-refractivity contribution is 7.89. The number of ether oxygens (including phenoxy) is 1. The van der Waals surface area contributed by atoms with Crippen molar-refractivity contribution < 1.29 is 27.5 Å². The fourth-order valence-electron chi connectivity index (χ4n) is 4.05. The molecule has 2 aliphatic heterocycles. The van der Waals surface area contributed by atoms with Gasteiger partial charge in [0.05, 0.1) is 40.7 Å². The number of nitrogens with one attached hydrogen (secondary N) is 1. The van der Waals surface area contributed by atoms with E-state index in [1.54, 1.807) is 0 Å². The minimum Gasteiger partial charge on any atom is -0.379 e. The third-order valence-corrected chi connectivity index (χ3v) is 7.94. The van der Waals surface area contributed by atoms with E-state index in [2.05, 4.69) is 5.32 Å². The number of halogens is 1. The zero-order valence-corrected chi connectivity index (χ0v) is 18.2. The Bertz CT molecular complexity index is 1020. The van der Waals surface area contributed by atoms with Gasteiger partial charge in [-0.3, -0.25) is 19.3 Å². The Morgan fingerprint density at radius 3 is 2.32 bits per heavy atom. The van der Waals surface area contributed by atoms with Crippen molar-refractivity contribution in [2.24, 2.45) is 11.8 Å². The normalized spacial score (nSPS) is 24.4. The highest BCUT2D eigenvalue weighted by Crippen LogP contribution is 2.35. The van der Waals surface area contributed by atoms with Gasteiger partial charge in [0.15, 0.2) is 0 Å². The maximum absolute atomic E-state index is 12.9. The Hall–Kier alpha value is -2.27. The van der Waals surface area contributed by atoms with Gasteiger partial charge in [0.2, 0.25) is 27.7 Å². The molecule has 0 saturated carbocycles. The summed E-state index contributed by atoms with van der Waals surface area (Å²) in [4.78, 5) is 38.6. The van der Waals surface area contributed by atoms with E-state index in [4.69, 9.17) is 16.3 Å². The Morgan fingerprint density at radius 2 is 1.71 bits per heavy atom. The fraction of sp³-hybridized carbons (Fsp3) is 0.450. The van der Waals surface area contributed by atoms with Gasteiger partial charge in [0.25, 0.3) is 0 Å². The second kappa shape index (κ2) is 8.70. The lowest BCUT2D eigenvalue weighted by molar-refractivity contribution is -0.142. The molecule has 1 aliphatic carbocycles. The van der Waals surface area contributed by atoms with Gasteiger partial charge in [-0.05, 0) is 31.0 Å². The summed E-state index contributed by atoms with van der Waals surface area (Å²) in [7, 11) is -3.77. The van der Waals surface area contributed by atoms with Gasteiger partial charge in [-0.1, -0.05) is 23.8 Å². The van der Waals surface area contributed by atoms with Crippen LogP contribution < -0.4 is 5.32 Å². The smallest absolute Gasteiger partial charge is 0.244 e. The Labute approximate surface area is 185 Å². The lowest BCUT2D eigenvalue weighted by atomic mass is 9.85. The summed E-state index contributed by atoms with van der Waals surface area (Å²) in [5.41, 5.74) is 0.0965. The molecule has 9 nitrogen and oxygen atoms in total. The first kappa shape index (κ1) is 21.9. The van der Waals surface area contributed by atoms with Crippen molar-refractivity contribution in [2.75, 3.05) is 38.2 Å². The van der Waals surface area contributed by atoms with Crippen LogP contribution in [0, 0.1) is 11.8 Å². The molecule has 1 N–H and O–H groups in total. The first-order valence-electron chi connectivity index (χ1n) is 9.96. The number of anilines is 1. The Balaban J connectivity index is 1.48. The summed E-state index contributed by atoms with van der Waals surface area (Å²) in [6, 6.07) is 4.03. The third kappa shape index (κ3) is 4.25. The summed E-state index contributed by atoms with van der Waals surface area (Å²) in [6.07, 6.45) is 4.72. The summed E-state index contributed by atoms with van der Waals surface area (Å²) in [5, 5.41) is 2.68. The number of sulfonamides is 1. The van der Waals surface area contributed by atoms with E-state index in [9.17, 15) is 22.8 Å². The molecule has 1 aromatic rings. The van der Waals surface area contributed by atoms with Crippen LogP contribution in [-0.4, -0.2) is 68.2 Å². The average Bonchev–Trinajstić information content (AvgIpc) is 3.01. The van der Waals surface area contributed by atoms with E-state index < -0.39 is 34.3 Å². The quantitative estimate of drug-likeness (QED) is 0.515. The molecule has 11 heteroatoms. The van der Waals surface area contributed by atoms with Crippen molar-refractivity contribution in [2.45, 2.75) is 17.7 Å². The SMILES string of the molecule is O=C(CN1C(=O)C2CC=CCC2C1=O)Nc1cc(S(=O)(=O)N2CCOCC2)ccc1Cl. The predicted molar refractivity (Wildman–Crippen MR) is 112 cm³/mol. The molecule has 1 aromatic carbocycles. The van der Waals surface area contributed by atoms with Gasteiger partial charge < -0.3 is 10.1 Å². The van der Waals surface area contributed by atoms with Crippen LogP contribution in [0.15, 0.2) is 35.2 Å². The number of carbonyl (C=O) groups excluding carboxylic acids is 3. The largest absolute Gasteiger partial charge is 0.379 e. The Kier molecular flexibility index (Phi) is 6.16. The zero-order chi connectivity index (χ0) is 22.2. The number of morpholine rings is 1. The Morgan fingerprint density at radius 1 is 1.10 bits per heavy atom. The first-order valence-corrected chi connectivity index (χ1v) is 11.8. The van der Waals surface area contributed by atoms with Crippen LogP contribution in [0.25, 0.3) is 0 Å². The van der Waals surface area contributed by atoms with Gasteiger partial charge >= 0.3 is 0 Å². The summed E-state index contributed by atoms with van der Waals surface area (Å²) >= 11 is 6.15. The zero-order valence-electron chi connectivity index (χ0n) is 16.6. The van der Waals surface area contributed by atoms with Gasteiger partial charge in [-0.2, -0.15) is 4.31 Å². The maximum Gasteiger partial charge on any atom is 0.244 e. The van der Waals surface area contributed by atoms with Crippen LogP contribution in [0.1, 0.15) is 12.8 Å². The summed E-state index contributed by atoms with van der Waals surface area (Å²) < 4.78 is 32.2. The molecule has 2 saturated heterocycles. The first-order chi connectivity index (χ1) is 14.8. The van der Waals surface area contributed by atoms with Crippen LogP contribution >= 0.6 is 11.6 Å². The van der Waals surface area contributed by atoms with Crippen molar-refractivity contribution in [3.05, 3.63) is 35.4 Å². The van der Waals surface area contributed by atoms with Gasteiger partial charge in [0, 0.05) is 13.1 Å². The van der Waals surface area contributed by atoms with Crippen LogP contribution in [0.2, 0.25) is 5.02 Å². The number of nitrogens with zero attached hydrogens (tertiary/aromatic N) is 2. The van der Waals surface area contributed by atoms with Crippen molar-refractivity contribution in [3.8, 4) is 0 Å². The summed E-state index contributed by atoms with van der Waals surface area (Å²) in [5.74, 6) is -2.18. The lowest BCUT2D eigenvalue weighted by Crippen LogP contribution is -2.40. The van der Waals surface area contributed by atoms with Crippen LogP contribution in [0.5, 0.6) is 0 Å². The van der Waals surface area contributed by atoms with E-state index in [1.165, 1.54) is 22.5 Å². The fourth-order valence-corrected chi connectivity index (χ4v) is 5.65. The van der Waals surface area contributed by atoms with E-state index >= 15 is 0 Å². The highest BCUT2D eigenvalue weighted by Gasteiger charge is 2.47. The van der Waals surface area contributed by atoms with Gasteiger partial charge in [-0.15, -0.1) is 0 Å².